The molecule has 4 rings (SSSR count). The third-order valence-electron chi connectivity index (χ3n) is 4.72. The lowest BCUT2D eigenvalue weighted by Crippen LogP contribution is -2.29. The average molecular weight is 339 g/mol. The van der Waals surface area contributed by atoms with Crippen LogP contribution in [-0.4, -0.2) is 47.0 Å². The van der Waals surface area contributed by atoms with Crippen LogP contribution in [0.1, 0.15) is 18.4 Å². The van der Waals surface area contributed by atoms with Crippen molar-refractivity contribution in [1.82, 2.24) is 29.8 Å². The molecule has 25 heavy (non-hydrogen) atoms. The molecule has 0 bridgehead atoms. The van der Waals surface area contributed by atoms with Crippen LogP contribution in [0.2, 0.25) is 0 Å². The second-order valence-electron chi connectivity index (χ2n) is 6.66. The zero-order chi connectivity index (χ0) is 17.2. The summed E-state index contributed by atoms with van der Waals surface area (Å²) in [6.07, 6.45) is 6.73. The molecular weight excluding hydrogens is 318 g/mol. The monoisotopic (exact) mass is 339 g/mol. The zero-order valence-corrected chi connectivity index (χ0v) is 14.0. The molecule has 8 nitrogen and oxygen atoms in total. The summed E-state index contributed by atoms with van der Waals surface area (Å²) < 4.78 is 3.71. The van der Waals surface area contributed by atoms with Gasteiger partial charge in [-0.05, 0) is 48.2 Å². The van der Waals surface area contributed by atoms with Gasteiger partial charge in [-0.25, -0.2) is 4.98 Å². The van der Waals surface area contributed by atoms with E-state index in [1.807, 2.05) is 43.7 Å². The molecule has 2 N–H and O–H groups in total. The Morgan fingerprint density at radius 1 is 1.24 bits per heavy atom. The van der Waals surface area contributed by atoms with Crippen molar-refractivity contribution in [3.63, 3.8) is 0 Å². The first-order valence-corrected chi connectivity index (χ1v) is 8.45. The number of anilines is 1. The molecule has 1 saturated carbocycles. The normalized spacial score (nSPS) is 23.0. The van der Waals surface area contributed by atoms with Crippen LogP contribution in [0.15, 0.2) is 43.0 Å². The van der Waals surface area contributed by atoms with E-state index in [1.54, 1.807) is 10.9 Å². The van der Waals surface area contributed by atoms with Gasteiger partial charge in [0.15, 0.2) is 0 Å². The van der Waals surface area contributed by atoms with Gasteiger partial charge in [0.2, 0.25) is 5.95 Å². The molecule has 130 valence electrons. The van der Waals surface area contributed by atoms with E-state index in [2.05, 4.69) is 30.4 Å². The molecule has 1 fully saturated rings. The van der Waals surface area contributed by atoms with E-state index in [0.29, 0.717) is 11.9 Å². The van der Waals surface area contributed by atoms with Crippen molar-refractivity contribution in [3.05, 3.63) is 48.5 Å². The molecular formula is C17H21N7O. The first-order chi connectivity index (χ1) is 12.2. The molecule has 8 heteroatoms. The molecule has 1 aliphatic rings. The van der Waals surface area contributed by atoms with Gasteiger partial charge in [0, 0.05) is 18.9 Å². The zero-order valence-electron chi connectivity index (χ0n) is 14.0. The predicted octanol–water partition coefficient (Wildman–Crippen LogP) is 1.42. The number of aliphatic hydroxyl groups excluding tert-OH is 1. The summed E-state index contributed by atoms with van der Waals surface area (Å²) in [7, 11) is 0. The third kappa shape index (κ3) is 3.39. The van der Waals surface area contributed by atoms with Crippen LogP contribution in [0.5, 0.6) is 0 Å². The number of aryl methyl sites for hydroxylation is 1. The molecule has 1 unspecified atom stereocenters. The lowest BCUT2D eigenvalue weighted by atomic mass is 10.1. The van der Waals surface area contributed by atoms with E-state index < -0.39 is 6.10 Å². The molecule has 0 spiro atoms. The number of aromatic nitrogens is 6. The standard InChI is InChI=1S/C17H21N7O/c1-12-2-4-14(5-3-12)24-17(20-21-22-24)19-15-8-13(9-16(15)25)10-23-7-6-18-11-23/h2-7,11,13,15-16,25H,8-10H2,1H3,(H,19,20,22)/t13?,15-,16-/m1/s1. The Balaban J connectivity index is 1.46. The number of hydrogen-bond acceptors (Lipinski definition) is 6. The minimum Gasteiger partial charge on any atom is -0.391 e. The highest BCUT2D eigenvalue weighted by Crippen LogP contribution is 2.29. The molecule has 0 aliphatic heterocycles. The van der Waals surface area contributed by atoms with Crippen LogP contribution in [0.3, 0.4) is 0 Å². The summed E-state index contributed by atoms with van der Waals surface area (Å²) >= 11 is 0. The van der Waals surface area contributed by atoms with Crippen LogP contribution < -0.4 is 5.32 Å². The minimum absolute atomic E-state index is 0.0660. The van der Waals surface area contributed by atoms with Gasteiger partial charge in [0.25, 0.3) is 0 Å². The Labute approximate surface area is 145 Å². The van der Waals surface area contributed by atoms with E-state index in [-0.39, 0.29) is 6.04 Å². The maximum atomic E-state index is 10.4. The van der Waals surface area contributed by atoms with Crippen molar-refractivity contribution >= 4 is 5.95 Å². The van der Waals surface area contributed by atoms with Crippen molar-refractivity contribution in [1.29, 1.82) is 0 Å². The molecule has 0 saturated heterocycles. The van der Waals surface area contributed by atoms with Gasteiger partial charge in [-0.2, -0.15) is 4.68 Å². The number of aliphatic hydroxyl groups is 1. The second kappa shape index (κ2) is 6.64. The first-order valence-electron chi connectivity index (χ1n) is 8.45. The lowest BCUT2D eigenvalue weighted by Gasteiger charge is -2.17. The van der Waals surface area contributed by atoms with Crippen LogP contribution >= 0.6 is 0 Å². The van der Waals surface area contributed by atoms with Crippen molar-refractivity contribution < 1.29 is 5.11 Å². The topological polar surface area (TPSA) is 93.7 Å². The summed E-state index contributed by atoms with van der Waals surface area (Å²) in [6, 6.07) is 7.93. The number of nitrogens with zero attached hydrogens (tertiary/aromatic N) is 6. The fourth-order valence-corrected chi connectivity index (χ4v) is 3.42. The number of imidazole rings is 1. The van der Waals surface area contributed by atoms with E-state index in [1.165, 1.54) is 5.56 Å². The summed E-state index contributed by atoms with van der Waals surface area (Å²) in [5, 5.41) is 25.6. The SMILES string of the molecule is Cc1ccc(-n2nnnc2N[C@@H]2CC(Cn3ccnc3)C[C@H]2O)cc1. The Morgan fingerprint density at radius 3 is 2.84 bits per heavy atom. The summed E-state index contributed by atoms with van der Waals surface area (Å²) in [6.45, 7) is 2.90. The van der Waals surface area contributed by atoms with Gasteiger partial charge < -0.3 is 15.0 Å². The van der Waals surface area contributed by atoms with Gasteiger partial charge in [0.05, 0.1) is 24.2 Å². The number of rotatable bonds is 5. The highest BCUT2D eigenvalue weighted by atomic mass is 16.3. The number of nitrogens with one attached hydrogen (secondary N) is 1. The van der Waals surface area contributed by atoms with Gasteiger partial charge in [-0.3, -0.25) is 0 Å². The Morgan fingerprint density at radius 2 is 2.08 bits per heavy atom. The average Bonchev–Trinajstić information content (AvgIpc) is 3.32. The lowest BCUT2D eigenvalue weighted by molar-refractivity contribution is 0.166. The molecule has 2 aromatic heterocycles. The Hall–Kier alpha value is -2.74. The van der Waals surface area contributed by atoms with Crippen molar-refractivity contribution in [2.24, 2.45) is 5.92 Å². The largest absolute Gasteiger partial charge is 0.391 e. The molecule has 1 aromatic carbocycles. The molecule has 3 aromatic rings. The van der Waals surface area contributed by atoms with Crippen LogP contribution in [0.25, 0.3) is 5.69 Å². The molecule has 0 radical (unpaired) electrons. The van der Waals surface area contributed by atoms with E-state index in [4.69, 9.17) is 0 Å². The molecule has 1 aliphatic carbocycles. The van der Waals surface area contributed by atoms with Crippen molar-refractivity contribution in [2.75, 3.05) is 5.32 Å². The predicted molar refractivity (Wildman–Crippen MR) is 92.3 cm³/mol. The summed E-state index contributed by atoms with van der Waals surface area (Å²) in [4.78, 5) is 4.07. The first kappa shape index (κ1) is 15.8. The Kier molecular flexibility index (Phi) is 4.19. The fraction of sp³-hybridized carbons (Fsp3) is 0.412. The fourth-order valence-electron chi connectivity index (χ4n) is 3.42. The minimum atomic E-state index is -0.420. The van der Waals surface area contributed by atoms with Crippen LogP contribution in [0, 0.1) is 12.8 Å². The molecule has 2 heterocycles. The van der Waals surface area contributed by atoms with Gasteiger partial charge in [0.1, 0.15) is 0 Å². The number of hydrogen-bond donors (Lipinski definition) is 2. The number of tetrazole rings is 1. The van der Waals surface area contributed by atoms with Crippen molar-refractivity contribution in [3.8, 4) is 5.69 Å². The maximum absolute atomic E-state index is 10.4. The smallest absolute Gasteiger partial charge is 0.248 e. The highest BCUT2D eigenvalue weighted by Gasteiger charge is 2.34. The van der Waals surface area contributed by atoms with Crippen LogP contribution in [0.4, 0.5) is 5.95 Å². The van der Waals surface area contributed by atoms with Crippen molar-refractivity contribution in [2.45, 2.75) is 38.5 Å². The van der Waals surface area contributed by atoms with Gasteiger partial charge in [-0.1, -0.05) is 22.8 Å². The highest BCUT2D eigenvalue weighted by molar-refractivity contribution is 5.40. The van der Waals surface area contributed by atoms with Gasteiger partial charge in [-0.15, -0.1) is 0 Å². The summed E-state index contributed by atoms with van der Waals surface area (Å²) in [5.41, 5.74) is 2.07. The third-order valence-corrected chi connectivity index (χ3v) is 4.72. The Bertz CT molecular complexity index is 812. The van der Waals surface area contributed by atoms with Crippen LogP contribution in [-0.2, 0) is 6.54 Å². The second-order valence-corrected chi connectivity index (χ2v) is 6.66. The van der Waals surface area contributed by atoms with E-state index >= 15 is 0 Å². The maximum Gasteiger partial charge on any atom is 0.248 e. The van der Waals surface area contributed by atoms with Gasteiger partial charge >= 0.3 is 0 Å². The van der Waals surface area contributed by atoms with E-state index in [0.717, 1.165) is 25.1 Å². The number of benzene rings is 1. The molecule has 0 amide bonds. The summed E-state index contributed by atoms with van der Waals surface area (Å²) in [5.74, 6) is 0.946. The van der Waals surface area contributed by atoms with E-state index in [9.17, 15) is 5.11 Å². The molecule has 3 atom stereocenters. The quantitative estimate of drug-likeness (QED) is 0.730.